The van der Waals surface area contributed by atoms with Crippen molar-refractivity contribution in [3.63, 3.8) is 0 Å². The highest BCUT2D eigenvalue weighted by atomic mass is 79.9. The maximum atomic E-state index is 12.2. The quantitative estimate of drug-likeness (QED) is 0.872. The predicted octanol–water partition coefficient (Wildman–Crippen LogP) is 4.01. The van der Waals surface area contributed by atoms with Crippen molar-refractivity contribution in [3.8, 4) is 0 Å². The summed E-state index contributed by atoms with van der Waals surface area (Å²) in [4.78, 5) is 0. The molecule has 1 aliphatic rings. The van der Waals surface area contributed by atoms with Gasteiger partial charge in [-0.1, -0.05) is 22.0 Å². The minimum atomic E-state index is -4.20. The molecular formula is C13H14BrF3O. The van der Waals surface area contributed by atoms with E-state index >= 15 is 0 Å². The average molecular weight is 323 g/mol. The van der Waals surface area contributed by atoms with Crippen LogP contribution in [0.25, 0.3) is 0 Å². The van der Waals surface area contributed by atoms with Gasteiger partial charge in [0.15, 0.2) is 0 Å². The number of hydrogen-bond acceptors (Lipinski definition) is 1. The molecule has 0 fully saturated rings. The summed E-state index contributed by atoms with van der Waals surface area (Å²) in [6.45, 7) is 0. The smallest absolute Gasteiger partial charge is 0.389 e. The molecule has 1 aromatic rings. The first-order chi connectivity index (χ1) is 8.27. The number of aryl methyl sites for hydroxylation is 1. The van der Waals surface area contributed by atoms with E-state index in [-0.39, 0.29) is 6.42 Å². The molecule has 0 aliphatic heterocycles. The molecule has 2 rings (SSSR count). The van der Waals surface area contributed by atoms with Crippen LogP contribution in [0.4, 0.5) is 13.2 Å². The number of fused-ring (bicyclic) bond motifs is 1. The molecule has 100 valence electrons. The van der Waals surface area contributed by atoms with Crippen LogP contribution in [0.1, 0.15) is 30.4 Å². The van der Waals surface area contributed by atoms with Crippen LogP contribution in [0, 0.1) is 0 Å². The molecule has 0 saturated heterocycles. The molecule has 1 aromatic carbocycles. The maximum absolute atomic E-state index is 12.2. The fourth-order valence-electron chi connectivity index (χ4n) is 2.40. The third-order valence-electron chi connectivity index (χ3n) is 3.42. The van der Waals surface area contributed by atoms with E-state index in [0.717, 1.165) is 15.6 Å². The summed E-state index contributed by atoms with van der Waals surface area (Å²) in [6.07, 6.45) is -4.00. The number of halogens is 4. The standard InChI is InChI=1S/C13H14BrF3O/c14-11-2-1-10-8-12(18,4-3-9(10)7-11)5-6-13(15,16)17/h1-2,7,18H,3-6,8H2. The van der Waals surface area contributed by atoms with Gasteiger partial charge in [-0.3, -0.25) is 0 Å². The molecule has 0 heterocycles. The van der Waals surface area contributed by atoms with Gasteiger partial charge >= 0.3 is 6.18 Å². The molecule has 0 aromatic heterocycles. The molecule has 1 atom stereocenters. The summed E-state index contributed by atoms with van der Waals surface area (Å²) in [5.74, 6) is 0. The van der Waals surface area contributed by atoms with Crippen molar-refractivity contribution in [2.45, 2.75) is 43.9 Å². The molecule has 1 unspecified atom stereocenters. The van der Waals surface area contributed by atoms with Crippen molar-refractivity contribution in [1.29, 1.82) is 0 Å². The molecule has 0 amide bonds. The van der Waals surface area contributed by atoms with E-state index in [9.17, 15) is 18.3 Å². The second-order valence-electron chi connectivity index (χ2n) is 4.93. The third-order valence-corrected chi connectivity index (χ3v) is 3.91. The molecule has 0 bridgehead atoms. The highest BCUT2D eigenvalue weighted by molar-refractivity contribution is 9.10. The Hall–Kier alpha value is -0.550. The summed E-state index contributed by atoms with van der Waals surface area (Å²) in [7, 11) is 0. The van der Waals surface area contributed by atoms with Crippen LogP contribution in [-0.4, -0.2) is 16.9 Å². The maximum Gasteiger partial charge on any atom is 0.389 e. The van der Waals surface area contributed by atoms with E-state index in [4.69, 9.17) is 0 Å². The number of benzene rings is 1. The first kappa shape index (κ1) is 13.9. The van der Waals surface area contributed by atoms with E-state index in [1.165, 1.54) is 0 Å². The average Bonchev–Trinajstić information content (AvgIpc) is 2.27. The van der Waals surface area contributed by atoms with Gasteiger partial charge in [-0.2, -0.15) is 13.2 Å². The molecule has 5 heteroatoms. The third kappa shape index (κ3) is 3.48. The zero-order valence-electron chi connectivity index (χ0n) is 9.73. The summed E-state index contributed by atoms with van der Waals surface area (Å²) >= 11 is 3.36. The zero-order chi connectivity index (χ0) is 13.4. The topological polar surface area (TPSA) is 20.2 Å². The van der Waals surface area contributed by atoms with E-state index in [2.05, 4.69) is 15.9 Å². The van der Waals surface area contributed by atoms with Gasteiger partial charge in [0.05, 0.1) is 5.60 Å². The van der Waals surface area contributed by atoms with Crippen molar-refractivity contribution < 1.29 is 18.3 Å². The fourth-order valence-corrected chi connectivity index (χ4v) is 2.81. The van der Waals surface area contributed by atoms with Crippen molar-refractivity contribution >= 4 is 15.9 Å². The lowest BCUT2D eigenvalue weighted by Crippen LogP contribution is -2.37. The highest BCUT2D eigenvalue weighted by Gasteiger charge is 2.37. The number of hydrogen-bond donors (Lipinski definition) is 1. The van der Waals surface area contributed by atoms with Crippen LogP contribution >= 0.6 is 15.9 Å². The Labute approximate surface area is 112 Å². The fraction of sp³-hybridized carbons (Fsp3) is 0.538. The molecule has 18 heavy (non-hydrogen) atoms. The van der Waals surface area contributed by atoms with Gasteiger partial charge in [0.2, 0.25) is 0 Å². The van der Waals surface area contributed by atoms with Gasteiger partial charge in [0.25, 0.3) is 0 Å². The monoisotopic (exact) mass is 322 g/mol. The lowest BCUT2D eigenvalue weighted by atomic mass is 9.78. The Bertz CT molecular complexity index is 444. The molecule has 1 aliphatic carbocycles. The van der Waals surface area contributed by atoms with Crippen molar-refractivity contribution in [2.24, 2.45) is 0 Å². The Morgan fingerprint density at radius 2 is 2.00 bits per heavy atom. The first-order valence-electron chi connectivity index (χ1n) is 5.84. The Morgan fingerprint density at radius 1 is 1.28 bits per heavy atom. The highest BCUT2D eigenvalue weighted by Crippen LogP contribution is 2.35. The minimum absolute atomic E-state index is 0.216. The molecule has 1 nitrogen and oxygen atoms in total. The van der Waals surface area contributed by atoms with Crippen LogP contribution in [0.2, 0.25) is 0 Å². The van der Waals surface area contributed by atoms with Crippen molar-refractivity contribution in [1.82, 2.24) is 0 Å². The predicted molar refractivity (Wildman–Crippen MR) is 66.4 cm³/mol. The van der Waals surface area contributed by atoms with Gasteiger partial charge in [-0.25, -0.2) is 0 Å². The van der Waals surface area contributed by atoms with Crippen molar-refractivity contribution in [2.75, 3.05) is 0 Å². The van der Waals surface area contributed by atoms with Crippen LogP contribution in [0.5, 0.6) is 0 Å². The molecule has 1 N–H and O–H groups in total. The lowest BCUT2D eigenvalue weighted by molar-refractivity contribution is -0.147. The SMILES string of the molecule is OC1(CCC(F)(F)F)CCc2cc(Br)ccc2C1. The van der Waals surface area contributed by atoms with Crippen molar-refractivity contribution in [3.05, 3.63) is 33.8 Å². The van der Waals surface area contributed by atoms with Gasteiger partial charge < -0.3 is 5.11 Å². The summed E-state index contributed by atoms with van der Waals surface area (Å²) < 4.78 is 37.6. The molecular weight excluding hydrogens is 309 g/mol. The summed E-state index contributed by atoms with van der Waals surface area (Å²) in [5, 5.41) is 10.2. The van der Waals surface area contributed by atoms with Gasteiger partial charge in [0, 0.05) is 17.3 Å². The molecule has 0 spiro atoms. The minimum Gasteiger partial charge on any atom is -0.390 e. The second-order valence-corrected chi connectivity index (χ2v) is 5.85. The number of rotatable bonds is 2. The number of alkyl halides is 3. The van der Waals surface area contributed by atoms with E-state index < -0.39 is 18.2 Å². The van der Waals surface area contributed by atoms with E-state index in [1.807, 2.05) is 18.2 Å². The van der Waals surface area contributed by atoms with Gasteiger partial charge in [-0.15, -0.1) is 0 Å². The lowest BCUT2D eigenvalue weighted by Gasteiger charge is -2.34. The Kier molecular flexibility index (Phi) is 3.74. The van der Waals surface area contributed by atoms with Gasteiger partial charge in [0.1, 0.15) is 0 Å². The second kappa shape index (κ2) is 4.85. The summed E-state index contributed by atoms with van der Waals surface area (Å²) in [5.41, 5.74) is 0.853. The van der Waals surface area contributed by atoms with Crippen LogP contribution in [-0.2, 0) is 12.8 Å². The largest absolute Gasteiger partial charge is 0.390 e. The van der Waals surface area contributed by atoms with Crippen LogP contribution in [0.3, 0.4) is 0 Å². The van der Waals surface area contributed by atoms with E-state index in [1.54, 1.807) is 0 Å². The van der Waals surface area contributed by atoms with Gasteiger partial charge in [-0.05, 0) is 42.5 Å². The zero-order valence-corrected chi connectivity index (χ0v) is 11.3. The Balaban J connectivity index is 2.08. The normalized spacial score (nSPS) is 23.8. The molecule has 0 saturated carbocycles. The van der Waals surface area contributed by atoms with E-state index in [0.29, 0.717) is 19.3 Å². The van der Waals surface area contributed by atoms with Crippen LogP contribution < -0.4 is 0 Å². The first-order valence-corrected chi connectivity index (χ1v) is 6.63. The number of aliphatic hydroxyl groups is 1. The summed E-state index contributed by atoms with van der Waals surface area (Å²) in [6, 6.07) is 5.70. The van der Waals surface area contributed by atoms with Crippen LogP contribution in [0.15, 0.2) is 22.7 Å². The molecule has 0 radical (unpaired) electrons. The Morgan fingerprint density at radius 3 is 2.67 bits per heavy atom.